The van der Waals surface area contributed by atoms with Gasteiger partial charge in [-0.15, -0.1) is 0 Å². The topological polar surface area (TPSA) is 38.7 Å². The highest BCUT2D eigenvalue weighted by Gasteiger charge is 2.10. The van der Waals surface area contributed by atoms with Crippen LogP contribution in [-0.2, 0) is 6.42 Å². The number of hydrogen-bond donors (Lipinski definition) is 0. The van der Waals surface area contributed by atoms with Crippen LogP contribution in [0, 0.1) is 0 Å². The fourth-order valence-electron chi connectivity index (χ4n) is 1.33. The first-order valence-corrected chi connectivity index (χ1v) is 6.01. The van der Waals surface area contributed by atoms with Crippen LogP contribution in [0.3, 0.4) is 0 Å². The minimum atomic E-state index is 0.443. The predicted octanol–water partition coefficient (Wildman–Crippen LogP) is 3.52. The summed E-state index contributed by atoms with van der Waals surface area (Å²) < 4.78 is 0.773. The molecular formula is C11H9BrClN3. The smallest absolute Gasteiger partial charge is 0.161 e. The van der Waals surface area contributed by atoms with E-state index in [0.29, 0.717) is 11.0 Å². The quantitative estimate of drug-likeness (QED) is 0.796. The van der Waals surface area contributed by atoms with Gasteiger partial charge in [0.1, 0.15) is 5.15 Å². The van der Waals surface area contributed by atoms with Crippen molar-refractivity contribution in [2.24, 2.45) is 0 Å². The van der Waals surface area contributed by atoms with Gasteiger partial charge in [-0.2, -0.15) is 0 Å². The van der Waals surface area contributed by atoms with Gasteiger partial charge < -0.3 is 0 Å². The summed E-state index contributed by atoms with van der Waals surface area (Å²) in [5.74, 6) is 0.632. The monoisotopic (exact) mass is 297 g/mol. The minimum absolute atomic E-state index is 0.443. The molecule has 0 bridgehead atoms. The molecule has 0 spiro atoms. The summed E-state index contributed by atoms with van der Waals surface area (Å²) in [5, 5.41) is 0.443. The zero-order valence-electron chi connectivity index (χ0n) is 8.61. The van der Waals surface area contributed by atoms with Gasteiger partial charge in [-0.3, -0.25) is 4.98 Å². The Balaban J connectivity index is 2.55. The molecule has 0 N–H and O–H groups in total. The fraction of sp³-hybridized carbons (Fsp3) is 0.182. The summed E-state index contributed by atoms with van der Waals surface area (Å²) in [4.78, 5) is 12.6. The van der Waals surface area contributed by atoms with Gasteiger partial charge in [0.05, 0.1) is 10.2 Å². The molecule has 82 valence electrons. The summed E-state index contributed by atoms with van der Waals surface area (Å²) in [6.07, 6.45) is 4.22. The first kappa shape index (κ1) is 11.5. The molecule has 3 nitrogen and oxygen atoms in total. The number of hydrogen-bond acceptors (Lipinski definition) is 3. The first-order valence-electron chi connectivity index (χ1n) is 4.84. The van der Waals surface area contributed by atoms with E-state index in [0.717, 1.165) is 22.2 Å². The maximum absolute atomic E-state index is 6.03. The third-order valence-electron chi connectivity index (χ3n) is 2.15. The Kier molecular flexibility index (Phi) is 3.51. The second-order valence-electron chi connectivity index (χ2n) is 3.19. The molecule has 16 heavy (non-hydrogen) atoms. The van der Waals surface area contributed by atoms with Gasteiger partial charge >= 0.3 is 0 Å². The molecule has 2 aromatic heterocycles. The molecule has 0 radical (unpaired) electrons. The van der Waals surface area contributed by atoms with E-state index >= 15 is 0 Å². The molecule has 2 aromatic rings. The average molecular weight is 299 g/mol. The second-order valence-corrected chi connectivity index (χ2v) is 4.34. The molecule has 0 unspecified atom stereocenters. The Morgan fingerprint density at radius 1 is 1.25 bits per heavy atom. The van der Waals surface area contributed by atoms with E-state index in [1.807, 2.05) is 19.1 Å². The Morgan fingerprint density at radius 3 is 2.56 bits per heavy atom. The summed E-state index contributed by atoms with van der Waals surface area (Å²) in [6.45, 7) is 2.03. The summed E-state index contributed by atoms with van der Waals surface area (Å²) >= 11 is 9.41. The van der Waals surface area contributed by atoms with Crippen LogP contribution in [0.5, 0.6) is 0 Å². The number of rotatable bonds is 2. The molecule has 0 saturated heterocycles. The zero-order valence-corrected chi connectivity index (χ0v) is 11.0. The molecular weight excluding hydrogens is 289 g/mol. The Labute approximate surface area is 107 Å². The summed E-state index contributed by atoms with van der Waals surface area (Å²) in [5.41, 5.74) is 1.82. The highest BCUT2D eigenvalue weighted by molar-refractivity contribution is 9.10. The molecule has 0 atom stereocenters. The molecule has 2 heterocycles. The van der Waals surface area contributed by atoms with Crippen molar-refractivity contribution >= 4 is 27.5 Å². The maximum Gasteiger partial charge on any atom is 0.161 e. The van der Waals surface area contributed by atoms with Crippen LogP contribution >= 0.6 is 27.5 Å². The van der Waals surface area contributed by atoms with Crippen LogP contribution in [0.2, 0.25) is 5.15 Å². The highest BCUT2D eigenvalue weighted by atomic mass is 79.9. The number of halogens is 2. The van der Waals surface area contributed by atoms with Crippen LogP contribution in [0.1, 0.15) is 12.6 Å². The second kappa shape index (κ2) is 4.89. The van der Waals surface area contributed by atoms with E-state index in [1.54, 1.807) is 12.4 Å². The lowest BCUT2D eigenvalue weighted by atomic mass is 10.2. The van der Waals surface area contributed by atoms with E-state index in [2.05, 4.69) is 30.9 Å². The lowest BCUT2D eigenvalue weighted by molar-refractivity contribution is 0.990. The maximum atomic E-state index is 6.03. The van der Waals surface area contributed by atoms with E-state index in [9.17, 15) is 0 Å². The Bertz CT molecular complexity index is 502. The standard InChI is InChI=1S/C11H9BrClN3/c1-2-8-9(12)10(13)16-11(15-8)7-3-5-14-6-4-7/h3-6H,2H2,1H3. The van der Waals surface area contributed by atoms with Crippen LogP contribution in [-0.4, -0.2) is 15.0 Å². The average Bonchev–Trinajstić information content (AvgIpc) is 2.33. The van der Waals surface area contributed by atoms with Crippen molar-refractivity contribution in [1.29, 1.82) is 0 Å². The van der Waals surface area contributed by atoms with Crippen LogP contribution < -0.4 is 0 Å². The largest absolute Gasteiger partial charge is 0.265 e. The molecule has 0 aromatic carbocycles. The lowest BCUT2D eigenvalue weighted by Crippen LogP contribution is -1.97. The number of aromatic nitrogens is 3. The normalized spacial score (nSPS) is 10.4. The highest BCUT2D eigenvalue weighted by Crippen LogP contribution is 2.26. The van der Waals surface area contributed by atoms with Crippen molar-refractivity contribution in [2.75, 3.05) is 0 Å². The van der Waals surface area contributed by atoms with Gasteiger partial charge in [0.15, 0.2) is 5.82 Å². The van der Waals surface area contributed by atoms with Gasteiger partial charge in [0.2, 0.25) is 0 Å². The predicted molar refractivity (Wildman–Crippen MR) is 67.4 cm³/mol. The molecule has 0 aliphatic rings. The van der Waals surface area contributed by atoms with Crippen molar-refractivity contribution in [3.05, 3.63) is 39.8 Å². The van der Waals surface area contributed by atoms with Crippen molar-refractivity contribution < 1.29 is 0 Å². The summed E-state index contributed by atoms with van der Waals surface area (Å²) in [6, 6.07) is 3.72. The van der Waals surface area contributed by atoms with Gasteiger partial charge in [-0.25, -0.2) is 9.97 Å². The van der Waals surface area contributed by atoms with E-state index in [1.165, 1.54) is 0 Å². The molecule has 0 aliphatic carbocycles. The van der Waals surface area contributed by atoms with Crippen LogP contribution in [0.25, 0.3) is 11.4 Å². The molecule has 2 rings (SSSR count). The van der Waals surface area contributed by atoms with E-state index in [4.69, 9.17) is 11.6 Å². The van der Waals surface area contributed by atoms with Crippen molar-refractivity contribution in [3.8, 4) is 11.4 Å². The summed E-state index contributed by atoms with van der Waals surface area (Å²) in [7, 11) is 0. The number of aryl methyl sites for hydroxylation is 1. The van der Waals surface area contributed by atoms with Crippen LogP contribution in [0.15, 0.2) is 29.0 Å². The number of pyridine rings is 1. The van der Waals surface area contributed by atoms with E-state index < -0.39 is 0 Å². The Hall–Kier alpha value is -1.00. The van der Waals surface area contributed by atoms with Crippen molar-refractivity contribution in [3.63, 3.8) is 0 Å². The minimum Gasteiger partial charge on any atom is -0.265 e. The van der Waals surface area contributed by atoms with Crippen LogP contribution in [0.4, 0.5) is 0 Å². The van der Waals surface area contributed by atoms with Gasteiger partial charge in [0.25, 0.3) is 0 Å². The molecule has 0 saturated carbocycles. The molecule has 5 heteroatoms. The fourth-order valence-corrected chi connectivity index (χ4v) is 1.97. The molecule has 0 amide bonds. The SMILES string of the molecule is CCc1nc(-c2ccncc2)nc(Cl)c1Br. The zero-order chi connectivity index (χ0) is 11.5. The van der Waals surface area contributed by atoms with Gasteiger partial charge in [0, 0.05) is 18.0 Å². The van der Waals surface area contributed by atoms with Gasteiger partial charge in [-0.1, -0.05) is 18.5 Å². The third kappa shape index (κ3) is 2.23. The van der Waals surface area contributed by atoms with Crippen molar-refractivity contribution in [2.45, 2.75) is 13.3 Å². The van der Waals surface area contributed by atoms with Crippen molar-refractivity contribution in [1.82, 2.24) is 15.0 Å². The third-order valence-corrected chi connectivity index (χ3v) is 3.49. The molecule has 0 fully saturated rings. The number of nitrogens with zero attached hydrogens (tertiary/aromatic N) is 3. The van der Waals surface area contributed by atoms with E-state index in [-0.39, 0.29) is 0 Å². The first-order chi connectivity index (χ1) is 7.72. The van der Waals surface area contributed by atoms with Gasteiger partial charge in [-0.05, 0) is 34.5 Å². The Morgan fingerprint density at radius 2 is 1.94 bits per heavy atom. The lowest BCUT2D eigenvalue weighted by Gasteiger charge is -2.06. The molecule has 0 aliphatic heterocycles.